The number of carboxylic acids is 1. The van der Waals surface area contributed by atoms with Crippen LogP contribution in [-0.4, -0.2) is 22.0 Å². The number of hydrogen-bond donors (Lipinski definition) is 1. The van der Waals surface area contributed by atoms with E-state index in [-0.39, 0.29) is 0 Å². The molecule has 5 rings (SSSR count). The Bertz CT molecular complexity index is 1480. The van der Waals surface area contributed by atoms with E-state index in [1.807, 2.05) is 144 Å². The summed E-state index contributed by atoms with van der Waals surface area (Å²) in [7, 11) is 0. The van der Waals surface area contributed by atoms with Gasteiger partial charge in [-0.15, -0.1) is 0 Å². The molecule has 0 aliphatic rings. The highest BCUT2D eigenvalue weighted by Crippen LogP contribution is 2.31. The van der Waals surface area contributed by atoms with Crippen LogP contribution in [-0.2, 0) is 37.5 Å². The second-order valence-electron chi connectivity index (χ2n) is 10.3. The number of benzene rings is 5. The molecule has 1 N–H and O–H groups in total. The Hall–Kier alpha value is -4.87. The maximum absolute atomic E-state index is 12.8. The normalized spacial score (nSPS) is 11.6. The van der Waals surface area contributed by atoms with Gasteiger partial charge in [-0.05, 0) is 46.4 Å². The van der Waals surface area contributed by atoms with Gasteiger partial charge in [-0.25, -0.2) is 0 Å². The number of aliphatic carboxylic acids is 1. The zero-order valence-electron chi connectivity index (χ0n) is 23.5. The molecule has 0 aliphatic carbocycles. The Labute approximate surface area is 247 Å². The molecule has 212 valence electrons. The van der Waals surface area contributed by atoms with Gasteiger partial charge in [0.2, 0.25) is 0 Å². The molecule has 0 saturated carbocycles. The lowest BCUT2D eigenvalue weighted by Crippen LogP contribution is -2.42. The van der Waals surface area contributed by atoms with Gasteiger partial charge in [0.05, 0.1) is 0 Å². The molecule has 0 heterocycles. The molecular weight excluding hydrogens is 522 g/mol. The van der Waals surface area contributed by atoms with Gasteiger partial charge < -0.3 is 14.6 Å². The fourth-order valence-corrected chi connectivity index (χ4v) is 4.89. The zero-order valence-corrected chi connectivity index (χ0v) is 23.5. The Morgan fingerprint density at radius 3 is 1.43 bits per heavy atom. The van der Waals surface area contributed by atoms with Gasteiger partial charge in [-0.3, -0.25) is 9.69 Å². The summed E-state index contributed by atoms with van der Waals surface area (Å²) < 4.78 is 12.4. The first-order valence-corrected chi connectivity index (χ1v) is 14.1. The van der Waals surface area contributed by atoms with Crippen molar-refractivity contribution in [3.63, 3.8) is 0 Å². The molecular formula is C37H35NO4. The molecule has 5 aromatic carbocycles. The van der Waals surface area contributed by atoms with Gasteiger partial charge in [0.1, 0.15) is 19.3 Å². The van der Waals surface area contributed by atoms with E-state index in [2.05, 4.69) is 0 Å². The quantitative estimate of drug-likeness (QED) is 0.153. The summed E-state index contributed by atoms with van der Waals surface area (Å²) in [5, 5.41) is 10.4. The first-order chi connectivity index (χ1) is 20.6. The van der Waals surface area contributed by atoms with Crippen LogP contribution in [0.3, 0.4) is 0 Å². The highest BCUT2D eigenvalue weighted by Gasteiger charge is 2.27. The molecule has 5 heteroatoms. The van der Waals surface area contributed by atoms with E-state index in [1.54, 1.807) is 0 Å². The molecule has 0 saturated heterocycles. The first-order valence-electron chi connectivity index (χ1n) is 14.1. The van der Waals surface area contributed by atoms with Crippen molar-refractivity contribution in [1.82, 2.24) is 4.90 Å². The molecule has 1 atom stereocenters. The maximum Gasteiger partial charge on any atom is 0.321 e. The van der Waals surface area contributed by atoms with Crippen LogP contribution < -0.4 is 9.47 Å². The third kappa shape index (κ3) is 8.32. The minimum atomic E-state index is -0.863. The van der Waals surface area contributed by atoms with Crippen LogP contribution in [0.15, 0.2) is 140 Å². The number of nitrogens with zero attached hydrogens (tertiary/aromatic N) is 1. The van der Waals surface area contributed by atoms with Crippen molar-refractivity contribution in [1.29, 1.82) is 0 Å². The van der Waals surface area contributed by atoms with Crippen LogP contribution in [0, 0.1) is 0 Å². The van der Waals surface area contributed by atoms with E-state index in [4.69, 9.17) is 9.47 Å². The van der Waals surface area contributed by atoms with Gasteiger partial charge >= 0.3 is 5.97 Å². The summed E-state index contributed by atoms with van der Waals surface area (Å²) in [5.41, 5.74) is 5.09. The number of carbonyl (C=O) groups is 1. The third-order valence-corrected chi connectivity index (χ3v) is 7.09. The Morgan fingerprint density at radius 1 is 0.548 bits per heavy atom. The molecule has 5 nitrogen and oxygen atoms in total. The molecule has 5 aromatic rings. The van der Waals surface area contributed by atoms with E-state index < -0.39 is 12.0 Å². The monoisotopic (exact) mass is 557 g/mol. The Balaban J connectivity index is 1.40. The van der Waals surface area contributed by atoms with Gasteiger partial charge in [0, 0.05) is 13.1 Å². The molecule has 0 amide bonds. The predicted molar refractivity (Wildman–Crippen MR) is 165 cm³/mol. The van der Waals surface area contributed by atoms with Crippen molar-refractivity contribution in [2.24, 2.45) is 0 Å². The first kappa shape index (κ1) is 28.7. The highest BCUT2D eigenvalue weighted by atomic mass is 16.5. The molecule has 0 radical (unpaired) electrons. The van der Waals surface area contributed by atoms with Crippen LogP contribution >= 0.6 is 0 Å². The average molecular weight is 558 g/mol. The summed E-state index contributed by atoms with van der Waals surface area (Å²) in [5.74, 6) is 0.350. The minimum Gasteiger partial charge on any atom is -0.485 e. The minimum absolute atomic E-state index is 0.315. The predicted octanol–water partition coefficient (Wildman–Crippen LogP) is 7.54. The van der Waals surface area contributed by atoms with Crippen molar-refractivity contribution < 1.29 is 19.4 Å². The average Bonchev–Trinajstić information content (AvgIpc) is 3.03. The molecule has 0 aromatic heterocycles. The van der Waals surface area contributed by atoms with Crippen LogP contribution in [0.5, 0.6) is 11.5 Å². The van der Waals surface area contributed by atoms with Gasteiger partial charge in [-0.1, -0.05) is 127 Å². The largest absolute Gasteiger partial charge is 0.485 e. The molecule has 0 spiro atoms. The lowest BCUT2D eigenvalue weighted by molar-refractivity contribution is -0.143. The van der Waals surface area contributed by atoms with Crippen LogP contribution in [0.1, 0.15) is 27.8 Å². The summed E-state index contributed by atoms with van der Waals surface area (Å²) in [6, 6.07) is 44.9. The van der Waals surface area contributed by atoms with E-state index in [9.17, 15) is 9.90 Å². The summed E-state index contributed by atoms with van der Waals surface area (Å²) >= 11 is 0. The van der Waals surface area contributed by atoms with Crippen LogP contribution in [0.25, 0.3) is 0 Å². The topological polar surface area (TPSA) is 59.0 Å². The number of hydrogen-bond acceptors (Lipinski definition) is 4. The van der Waals surface area contributed by atoms with E-state index in [0.717, 1.165) is 27.8 Å². The summed E-state index contributed by atoms with van der Waals surface area (Å²) in [6.07, 6.45) is 0.315. The van der Waals surface area contributed by atoms with Crippen molar-refractivity contribution in [2.45, 2.75) is 38.8 Å². The zero-order chi connectivity index (χ0) is 29.0. The SMILES string of the molecule is O=C(O)C(Cc1ccc(OCc2ccccc2)c(OCc2ccccc2)c1)N(Cc1ccccc1)Cc1ccccc1. The molecule has 0 aliphatic heterocycles. The van der Waals surface area contributed by atoms with Crippen molar-refractivity contribution >= 4 is 5.97 Å². The summed E-state index contributed by atoms with van der Waals surface area (Å²) in [6.45, 7) is 1.81. The van der Waals surface area contributed by atoms with Crippen LogP contribution in [0.2, 0.25) is 0 Å². The van der Waals surface area contributed by atoms with E-state index in [1.165, 1.54) is 0 Å². The Morgan fingerprint density at radius 2 is 0.976 bits per heavy atom. The second-order valence-corrected chi connectivity index (χ2v) is 10.3. The van der Waals surface area contributed by atoms with Crippen LogP contribution in [0.4, 0.5) is 0 Å². The molecule has 42 heavy (non-hydrogen) atoms. The van der Waals surface area contributed by atoms with Crippen molar-refractivity contribution in [3.8, 4) is 11.5 Å². The Kier molecular flexibility index (Phi) is 10.0. The number of carboxylic acid groups (broad SMARTS) is 1. The molecule has 0 bridgehead atoms. The van der Waals surface area contributed by atoms with E-state index >= 15 is 0 Å². The van der Waals surface area contributed by atoms with Crippen molar-refractivity contribution in [3.05, 3.63) is 167 Å². The highest BCUT2D eigenvalue weighted by molar-refractivity contribution is 5.74. The molecule has 0 fully saturated rings. The van der Waals surface area contributed by atoms with Gasteiger partial charge in [0.15, 0.2) is 11.5 Å². The lowest BCUT2D eigenvalue weighted by Gasteiger charge is -2.29. The number of rotatable bonds is 14. The van der Waals surface area contributed by atoms with Gasteiger partial charge in [0.25, 0.3) is 0 Å². The standard InChI is InChI=1S/C37H35NO4/c39-37(40)34(38(25-29-13-5-1-6-14-29)26-30-15-7-2-8-16-30)23-33-21-22-35(41-27-31-17-9-3-10-18-31)36(24-33)42-28-32-19-11-4-12-20-32/h1-22,24,34H,23,25-28H2,(H,39,40). The number of ether oxygens (including phenoxy) is 2. The second kappa shape index (κ2) is 14.7. The maximum atomic E-state index is 12.8. The summed E-state index contributed by atoms with van der Waals surface area (Å²) in [4.78, 5) is 14.8. The van der Waals surface area contributed by atoms with Gasteiger partial charge in [-0.2, -0.15) is 0 Å². The smallest absolute Gasteiger partial charge is 0.321 e. The lowest BCUT2D eigenvalue weighted by atomic mass is 10.0. The fraction of sp³-hybridized carbons (Fsp3) is 0.162. The fourth-order valence-electron chi connectivity index (χ4n) is 4.89. The van der Waals surface area contributed by atoms with Crippen molar-refractivity contribution in [2.75, 3.05) is 0 Å². The van der Waals surface area contributed by atoms with E-state index in [0.29, 0.717) is 44.2 Å². The third-order valence-electron chi connectivity index (χ3n) is 7.09. The molecule has 1 unspecified atom stereocenters.